The molecule has 2 N–H and O–H groups in total. The van der Waals surface area contributed by atoms with E-state index in [1.54, 1.807) is 48.8 Å². The average Bonchev–Trinajstić information content (AvgIpc) is 2.67. The third-order valence-corrected chi connectivity index (χ3v) is 3.47. The van der Waals surface area contributed by atoms with Gasteiger partial charge in [0.2, 0.25) is 0 Å². The summed E-state index contributed by atoms with van der Waals surface area (Å²) in [4.78, 5) is 16.8. The van der Waals surface area contributed by atoms with Crippen LogP contribution in [0.25, 0.3) is 5.70 Å². The molecule has 25 heavy (non-hydrogen) atoms. The molecule has 124 valence electrons. The van der Waals surface area contributed by atoms with Crippen molar-refractivity contribution < 1.29 is 4.39 Å². The van der Waals surface area contributed by atoms with Crippen LogP contribution in [-0.4, -0.2) is 20.7 Å². The Bertz CT molecular complexity index is 892. The molecule has 3 rings (SSSR count). The molecule has 0 atom stereocenters. The van der Waals surface area contributed by atoms with Crippen molar-refractivity contribution in [2.24, 2.45) is 10.7 Å². The van der Waals surface area contributed by atoms with E-state index in [1.807, 2.05) is 12.1 Å². The van der Waals surface area contributed by atoms with E-state index in [2.05, 4.69) is 19.9 Å². The van der Waals surface area contributed by atoms with Crippen molar-refractivity contribution in [2.75, 3.05) is 0 Å². The quantitative estimate of drug-likeness (QED) is 0.728. The summed E-state index contributed by atoms with van der Waals surface area (Å²) in [6, 6.07) is 13.7. The minimum atomic E-state index is -0.296. The minimum absolute atomic E-state index is 0.179. The number of nitrogens with two attached hydrogens (primary N) is 1. The van der Waals surface area contributed by atoms with Crippen LogP contribution in [0.3, 0.4) is 0 Å². The van der Waals surface area contributed by atoms with Crippen molar-refractivity contribution >= 4 is 11.4 Å². The van der Waals surface area contributed by atoms with Gasteiger partial charge in [-0.3, -0.25) is 9.98 Å². The maximum absolute atomic E-state index is 13.8. The first-order valence-electron chi connectivity index (χ1n) is 7.67. The number of hydrogen-bond donors (Lipinski definition) is 1. The molecule has 5 nitrogen and oxygen atoms in total. The van der Waals surface area contributed by atoms with Crippen LogP contribution in [0.5, 0.6) is 0 Å². The first-order valence-corrected chi connectivity index (χ1v) is 7.67. The molecule has 6 heteroatoms. The molecule has 0 spiro atoms. The predicted molar refractivity (Wildman–Crippen MR) is 95.1 cm³/mol. The highest BCUT2D eigenvalue weighted by Gasteiger charge is 2.06. The number of rotatable bonds is 5. The molecule has 0 saturated heterocycles. The standard InChI is InChI=1S/C19H16FN5/c20-15-6-2-1-5-14(15)12-24-19(18-8-10-22-13-25-18)11-16(21)17-7-3-4-9-23-17/h1-11,13H,12,21H2. The molecule has 3 aromatic rings. The maximum Gasteiger partial charge on any atom is 0.128 e. The lowest BCUT2D eigenvalue weighted by Gasteiger charge is -2.05. The smallest absolute Gasteiger partial charge is 0.128 e. The summed E-state index contributed by atoms with van der Waals surface area (Å²) in [6.45, 7) is 0.179. The monoisotopic (exact) mass is 333 g/mol. The highest BCUT2D eigenvalue weighted by molar-refractivity contribution is 6.10. The molecule has 0 aliphatic heterocycles. The summed E-state index contributed by atoms with van der Waals surface area (Å²) in [5, 5.41) is 0. The maximum atomic E-state index is 13.8. The molecule has 0 unspecified atom stereocenters. The van der Waals surface area contributed by atoms with E-state index in [-0.39, 0.29) is 12.4 Å². The molecule has 0 saturated carbocycles. The second-order valence-electron chi connectivity index (χ2n) is 5.20. The van der Waals surface area contributed by atoms with Gasteiger partial charge in [-0.1, -0.05) is 24.3 Å². The molecule has 0 radical (unpaired) electrons. The van der Waals surface area contributed by atoms with E-state index < -0.39 is 0 Å². The van der Waals surface area contributed by atoms with Crippen molar-refractivity contribution in [1.82, 2.24) is 15.0 Å². The first kappa shape index (κ1) is 16.4. The number of nitrogens with zero attached hydrogens (tertiary/aromatic N) is 4. The number of pyridine rings is 1. The Labute approximate surface area is 144 Å². The summed E-state index contributed by atoms with van der Waals surface area (Å²) in [7, 11) is 0. The van der Waals surface area contributed by atoms with Gasteiger partial charge in [0.05, 0.1) is 29.3 Å². The van der Waals surface area contributed by atoms with Gasteiger partial charge in [0.1, 0.15) is 12.1 Å². The largest absolute Gasteiger partial charge is 0.397 e. The molecule has 0 amide bonds. The van der Waals surface area contributed by atoms with Crippen LogP contribution in [0, 0.1) is 5.82 Å². The van der Waals surface area contributed by atoms with Gasteiger partial charge in [0, 0.05) is 18.0 Å². The minimum Gasteiger partial charge on any atom is -0.397 e. The third-order valence-electron chi connectivity index (χ3n) is 3.47. The SMILES string of the molecule is NC(=CC(=NCc1ccccc1F)c1ccncn1)c1ccccn1. The number of aliphatic imine (C=N–C) groups is 1. The molecule has 0 aliphatic carbocycles. The number of halogens is 1. The third kappa shape index (κ3) is 4.32. The van der Waals surface area contributed by atoms with Crippen LogP contribution >= 0.6 is 0 Å². The molecule has 2 aromatic heterocycles. The van der Waals surface area contributed by atoms with Crippen molar-refractivity contribution in [3.8, 4) is 0 Å². The van der Waals surface area contributed by atoms with Gasteiger partial charge in [-0.15, -0.1) is 0 Å². The fourth-order valence-electron chi connectivity index (χ4n) is 2.19. The zero-order valence-corrected chi connectivity index (χ0v) is 13.4. The zero-order valence-electron chi connectivity index (χ0n) is 13.4. The molecular weight excluding hydrogens is 317 g/mol. The Balaban J connectivity index is 1.96. The van der Waals surface area contributed by atoms with Crippen molar-refractivity contribution in [2.45, 2.75) is 6.54 Å². The fourth-order valence-corrected chi connectivity index (χ4v) is 2.19. The summed E-state index contributed by atoms with van der Waals surface area (Å²) in [5.74, 6) is -0.296. The van der Waals surface area contributed by atoms with Gasteiger partial charge in [-0.05, 0) is 30.3 Å². The Morgan fingerprint density at radius 3 is 2.56 bits per heavy atom. The zero-order chi connectivity index (χ0) is 17.5. The second kappa shape index (κ2) is 7.92. The summed E-state index contributed by atoms with van der Waals surface area (Å²) in [6.07, 6.45) is 6.40. The van der Waals surface area contributed by atoms with Crippen LogP contribution in [0.2, 0.25) is 0 Å². The van der Waals surface area contributed by atoms with Crippen LogP contribution in [0.4, 0.5) is 4.39 Å². The number of benzene rings is 1. The van der Waals surface area contributed by atoms with Gasteiger partial charge in [-0.25, -0.2) is 14.4 Å². The van der Waals surface area contributed by atoms with Crippen LogP contribution in [-0.2, 0) is 6.54 Å². The van der Waals surface area contributed by atoms with Gasteiger partial charge in [0.25, 0.3) is 0 Å². The van der Waals surface area contributed by atoms with Gasteiger partial charge >= 0.3 is 0 Å². The van der Waals surface area contributed by atoms with Crippen LogP contribution in [0.1, 0.15) is 17.0 Å². The Kier molecular flexibility index (Phi) is 5.21. The summed E-state index contributed by atoms with van der Waals surface area (Å²) < 4.78 is 13.8. The van der Waals surface area contributed by atoms with Crippen molar-refractivity contribution in [3.05, 3.63) is 96.1 Å². The van der Waals surface area contributed by atoms with Crippen molar-refractivity contribution in [1.29, 1.82) is 0 Å². The second-order valence-corrected chi connectivity index (χ2v) is 5.20. The number of aromatic nitrogens is 3. The molecule has 0 bridgehead atoms. The lowest BCUT2D eigenvalue weighted by atomic mass is 10.1. The Morgan fingerprint density at radius 2 is 1.84 bits per heavy atom. The van der Waals surface area contributed by atoms with Gasteiger partial charge in [0.15, 0.2) is 0 Å². The molecular formula is C19H16FN5. The summed E-state index contributed by atoms with van der Waals surface area (Å²) in [5.41, 5.74) is 8.85. The molecule has 0 fully saturated rings. The van der Waals surface area contributed by atoms with Gasteiger partial charge in [-0.2, -0.15) is 0 Å². The van der Waals surface area contributed by atoms with Gasteiger partial charge < -0.3 is 5.73 Å². The predicted octanol–water partition coefficient (Wildman–Crippen LogP) is 3.00. The highest BCUT2D eigenvalue weighted by Crippen LogP contribution is 2.11. The Morgan fingerprint density at radius 1 is 1.00 bits per heavy atom. The Hall–Kier alpha value is -3.41. The van der Waals surface area contributed by atoms with Crippen molar-refractivity contribution in [3.63, 3.8) is 0 Å². The highest BCUT2D eigenvalue weighted by atomic mass is 19.1. The van der Waals surface area contributed by atoms with Crippen LogP contribution in [0.15, 0.2) is 78.3 Å². The van der Waals surface area contributed by atoms with E-state index >= 15 is 0 Å². The molecule has 1 aromatic carbocycles. The first-order chi connectivity index (χ1) is 12.2. The summed E-state index contributed by atoms with van der Waals surface area (Å²) >= 11 is 0. The van der Waals surface area contributed by atoms with E-state index in [0.29, 0.717) is 28.4 Å². The van der Waals surface area contributed by atoms with Crippen LogP contribution < -0.4 is 5.73 Å². The van der Waals surface area contributed by atoms with E-state index in [0.717, 1.165) is 0 Å². The normalized spacial score (nSPS) is 12.2. The molecule has 0 aliphatic rings. The van der Waals surface area contributed by atoms with E-state index in [9.17, 15) is 4.39 Å². The lowest BCUT2D eigenvalue weighted by Crippen LogP contribution is -2.07. The average molecular weight is 333 g/mol. The number of hydrogen-bond acceptors (Lipinski definition) is 5. The molecule has 2 heterocycles. The number of allylic oxidation sites excluding steroid dienone is 1. The fraction of sp³-hybridized carbons (Fsp3) is 0.0526. The lowest BCUT2D eigenvalue weighted by molar-refractivity contribution is 0.611. The van der Waals surface area contributed by atoms with E-state index in [4.69, 9.17) is 5.73 Å². The van der Waals surface area contributed by atoms with E-state index in [1.165, 1.54) is 12.4 Å². The topological polar surface area (TPSA) is 77.0 Å².